The second kappa shape index (κ2) is 16.1. The van der Waals surface area contributed by atoms with Crippen LogP contribution < -0.4 is 44.6 Å². The third-order valence-electron chi connectivity index (χ3n) is 4.44. The fourth-order valence-electron chi connectivity index (χ4n) is 2.63. The molecule has 0 aliphatic rings. The smallest absolute Gasteiger partial charge is 0.326 e. The van der Waals surface area contributed by atoms with Gasteiger partial charge in [-0.1, -0.05) is 0 Å². The molecule has 0 radical (unpaired) electrons. The number of amides is 5. The van der Waals surface area contributed by atoms with Crippen molar-refractivity contribution in [3.05, 3.63) is 0 Å². The van der Waals surface area contributed by atoms with Crippen LogP contribution in [0, 0.1) is 0 Å². The lowest BCUT2D eigenvalue weighted by Crippen LogP contribution is -2.58. The molecular formula is C18H33N9O7S. The number of primary amides is 2. The highest BCUT2D eigenvalue weighted by molar-refractivity contribution is 7.80. The molecule has 17 heteroatoms. The third-order valence-corrected chi connectivity index (χ3v) is 4.84. The van der Waals surface area contributed by atoms with Crippen molar-refractivity contribution >= 4 is 54.1 Å². The Morgan fingerprint density at radius 1 is 0.800 bits per heavy atom. The number of carbonyl (C=O) groups excluding carboxylic acids is 5. The number of hydrogen-bond acceptors (Lipinski definition) is 9. The number of hydrogen-bond donors (Lipinski definition) is 10. The van der Waals surface area contributed by atoms with Crippen molar-refractivity contribution in [3.8, 4) is 0 Å². The van der Waals surface area contributed by atoms with Crippen LogP contribution in [0.5, 0.6) is 0 Å². The van der Waals surface area contributed by atoms with Crippen LogP contribution in [0.2, 0.25) is 0 Å². The van der Waals surface area contributed by atoms with Gasteiger partial charge in [-0.25, -0.2) is 4.79 Å². The SMILES string of the molecule is NC(=O)CCC(NC(=O)C(CCCN=C(N)N)NC(=O)C(CC(N)=O)NC(=O)C(N)CS)C(=O)O. The van der Waals surface area contributed by atoms with E-state index >= 15 is 0 Å². The summed E-state index contributed by atoms with van der Waals surface area (Å²) in [5, 5.41) is 16.2. The molecule has 0 saturated carbocycles. The molecule has 16 nitrogen and oxygen atoms in total. The second-order valence-electron chi connectivity index (χ2n) is 7.44. The lowest BCUT2D eigenvalue weighted by molar-refractivity contribution is -0.142. The van der Waals surface area contributed by atoms with Crippen molar-refractivity contribution in [1.82, 2.24) is 16.0 Å². The number of nitrogens with one attached hydrogen (secondary N) is 3. The van der Waals surface area contributed by atoms with Gasteiger partial charge in [0.15, 0.2) is 5.96 Å². The average Bonchev–Trinajstić information content (AvgIpc) is 2.76. The predicted octanol–water partition coefficient (Wildman–Crippen LogP) is -5.02. The van der Waals surface area contributed by atoms with Crippen molar-refractivity contribution in [2.75, 3.05) is 12.3 Å². The number of carboxylic acid groups (broad SMARTS) is 1. The number of rotatable bonds is 17. The van der Waals surface area contributed by atoms with Gasteiger partial charge in [-0.05, 0) is 19.3 Å². The quantitative estimate of drug-likeness (QED) is 0.0377. The predicted molar refractivity (Wildman–Crippen MR) is 127 cm³/mol. The molecular weight excluding hydrogens is 486 g/mol. The lowest BCUT2D eigenvalue weighted by Gasteiger charge is -2.24. The minimum Gasteiger partial charge on any atom is -0.480 e. The highest BCUT2D eigenvalue weighted by Crippen LogP contribution is 2.05. The van der Waals surface area contributed by atoms with E-state index in [0.29, 0.717) is 0 Å². The Kier molecular flexibility index (Phi) is 14.4. The van der Waals surface area contributed by atoms with Gasteiger partial charge >= 0.3 is 5.97 Å². The summed E-state index contributed by atoms with van der Waals surface area (Å²) in [6.45, 7) is 0.0876. The molecule has 14 N–H and O–H groups in total. The van der Waals surface area contributed by atoms with Gasteiger partial charge in [-0.2, -0.15) is 12.6 Å². The summed E-state index contributed by atoms with van der Waals surface area (Å²) in [5.74, 6) is -6.00. The number of aliphatic imine (C=N–C) groups is 1. The molecule has 0 aromatic heterocycles. The molecule has 0 aliphatic heterocycles. The fourth-order valence-corrected chi connectivity index (χ4v) is 2.80. The number of nitrogens with two attached hydrogens (primary N) is 5. The third kappa shape index (κ3) is 13.6. The van der Waals surface area contributed by atoms with Gasteiger partial charge in [0.25, 0.3) is 0 Å². The maximum Gasteiger partial charge on any atom is 0.326 e. The maximum atomic E-state index is 12.8. The number of carbonyl (C=O) groups is 6. The van der Waals surface area contributed by atoms with Crippen molar-refractivity contribution in [3.63, 3.8) is 0 Å². The van der Waals surface area contributed by atoms with Crippen LogP contribution in [-0.4, -0.2) is 83.0 Å². The summed E-state index contributed by atoms with van der Waals surface area (Å²) in [6.07, 6.45) is -1.06. The van der Waals surface area contributed by atoms with Crippen LogP contribution >= 0.6 is 12.6 Å². The molecule has 35 heavy (non-hydrogen) atoms. The molecule has 198 valence electrons. The normalized spacial score (nSPS) is 13.9. The minimum absolute atomic E-state index is 0.0472. The Labute approximate surface area is 206 Å². The Morgan fingerprint density at radius 2 is 1.34 bits per heavy atom. The summed E-state index contributed by atoms with van der Waals surface area (Å²) in [6, 6.07) is -5.34. The highest BCUT2D eigenvalue weighted by atomic mass is 32.1. The number of guanidine groups is 1. The standard InChI is InChI=1S/C18H33N9O7S/c19-8(7-35)14(30)27-11(6-13(21)29)16(32)25-9(2-1-5-24-18(22)23)15(31)26-10(17(33)34)3-4-12(20)28/h8-11,35H,1-7,19H2,(H2,20,28)(H2,21,29)(H,25,32)(H,26,31)(H,27,30)(H,33,34)(H4,22,23,24). The molecule has 5 amide bonds. The first-order valence-corrected chi connectivity index (χ1v) is 11.0. The van der Waals surface area contributed by atoms with Crippen LogP contribution in [0.25, 0.3) is 0 Å². The Bertz CT molecular complexity index is 820. The Balaban J connectivity index is 5.63. The van der Waals surface area contributed by atoms with Gasteiger partial charge < -0.3 is 49.7 Å². The largest absolute Gasteiger partial charge is 0.480 e. The fraction of sp³-hybridized carbons (Fsp3) is 0.611. The van der Waals surface area contributed by atoms with Crippen molar-refractivity contribution in [2.24, 2.45) is 33.7 Å². The Morgan fingerprint density at radius 3 is 1.83 bits per heavy atom. The van der Waals surface area contributed by atoms with Crippen LogP contribution in [0.4, 0.5) is 0 Å². The van der Waals surface area contributed by atoms with Gasteiger partial charge in [0, 0.05) is 18.7 Å². The summed E-state index contributed by atoms with van der Waals surface area (Å²) in [7, 11) is 0. The monoisotopic (exact) mass is 519 g/mol. The summed E-state index contributed by atoms with van der Waals surface area (Å²) in [5.41, 5.74) is 26.2. The molecule has 0 spiro atoms. The first-order valence-electron chi connectivity index (χ1n) is 10.4. The van der Waals surface area contributed by atoms with Gasteiger partial charge in [-0.15, -0.1) is 0 Å². The van der Waals surface area contributed by atoms with Gasteiger partial charge in [0.1, 0.15) is 18.1 Å². The minimum atomic E-state index is -1.47. The molecule has 0 aromatic rings. The summed E-state index contributed by atoms with van der Waals surface area (Å²) < 4.78 is 0. The van der Waals surface area contributed by atoms with Gasteiger partial charge in [0.05, 0.1) is 12.5 Å². The number of nitrogens with zero attached hydrogens (tertiary/aromatic N) is 1. The van der Waals surface area contributed by atoms with Gasteiger partial charge in [-0.3, -0.25) is 29.0 Å². The molecule has 0 fully saturated rings. The molecule has 0 heterocycles. The van der Waals surface area contributed by atoms with E-state index < -0.39 is 66.1 Å². The zero-order valence-electron chi connectivity index (χ0n) is 18.9. The van der Waals surface area contributed by atoms with Crippen molar-refractivity contribution < 1.29 is 33.9 Å². The van der Waals surface area contributed by atoms with E-state index in [1.54, 1.807) is 0 Å². The van der Waals surface area contributed by atoms with Crippen LogP contribution in [0.3, 0.4) is 0 Å². The second-order valence-corrected chi connectivity index (χ2v) is 7.80. The molecule has 0 saturated heterocycles. The molecule has 0 rings (SSSR count). The molecule has 0 aliphatic carbocycles. The molecule has 0 aromatic carbocycles. The van der Waals surface area contributed by atoms with Crippen molar-refractivity contribution in [1.29, 1.82) is 0 Å². The lowest BCUT2D eigenvalue weighted by atomic mass is 10.1. The maximum absolute atomic E-state index is 12.8. The zero-order chi connectivity index (χ0) is 27.1. The first-order chi connectivity index (χ1) is 16.3. The molecule has 0 bridgehead atoms. The topological polar surface area (TPSA) is 301 Å². The van der Waals surface area contributed by atoms with E-state index in [-0.39, 0.29) is 43.9 Å². The Hall–Kier alpha value is -3.60. The zero-order valence-corrected chi connectivity index (χ0v) is 19.8. The average molecular weight is 520 g/mol. The molecule has 4 atom stereocenters. The highest BCUT2D eigenvalue weighted by Gasteiger charge is 2.31. The van der Waals surface area contributed by atoms with Crippen LogP contribution in [0.1, 0.15) is 32.1 Å². The van der Waals surface area contributed by atoms with E-state index in [0.717, 1.165) is 0 Å². The summed E-state index contributed by atoms with van der Waals surface area (Å²) >= 11 is 3.89. The van der Waals surface area contributed by atoms with E-state index in [1.807, 2.05) is 0 Å². The number of carboxylic acids is 1. The van der Waals surface area contributed by atoms with E-state index in [4.69, 9.17) is 28.7 Å². The van der Waals surface area contributed by atoms with Crippen molar-refractivity contribution in [2.45, 2.75) is 56.3 Å². The summed E-state index contributed by atoms with van der Waals surface area (Å²) in [4.78, 5) is 75.3. The first kappa shape index (κ1) is 31.4. The molecule has 4 unspecified atom stereocenters. The number of thiol groups is 1. The van der Waals surface area contributed by atoms with Crippen LogP contribution in [-0.2, 0) is 28.8 Å². The van der Waals surface area contributed by atoms with Gasteiger partial charge in [0.2, 0.25) is 29.5 Å². The van der Waals surface area contributed by atoms with E-state index in [9.17, 15) is 33.9 Å². The van der Waals surface area contributed by atoms with E-state index in [2.05, 4.69) is 33.6 Å². The van der Waals surface area contributed by atoms with Crippen LogP contribution in [0.15, 0.2) is 4.99 Å². The number of aliphatic carboxylic acids is 1. The van der Waals surface area contributed by atoms with E-state index in [1.165, 1.54) is 0 Å².